The van der Waals surface area contributed by atoms with E-state index in [0.29, 0.717) is 32.0 Å². The van der Waals surface area contributed by atoms with Crippen LogP contribution in [0.4, 0.5) is 4.79 Å². The van der Waals surface area contributed by atoms with E-state index in [9.17, 15) is 9.59 Å². The van der Waals surface area contributed by atoms with Gasteiger partial charge >= 0.3 is 0 Å². The maximum atomic E-state index is 12.9. The Kier molecular flexibility index (Phi) is 8.44. The molecule has 0 atom stereocenters. The number of halogens is 3. The van der Waals surface area contributed by atoms with Gasteiger partial charge in [-0.05, 0) is 67.2 Å². The number of ether oxygens (including phenoxy) is 2. The summed E-state index contributed by atoms with van der Waals surface area (Å²) < 4.78 is 12.5. The standard InChI is InChI=1S/C26H20BrCl2NO4S/c1-16-2-7-21(8-3-16)33-11-10-30-25(31)24(35-26(30)32)13-18-12-19(27)5-9-23(18)34-15-17-4-6-20(28)14-22(17)29/h2-9,12-14H,10-11,15H2,1H3/b24-13-. The third-order valence-electron chi connectivity index (χ3n) is 5.13. The van der Waals surface area contributed by atoms with Crippen LogP contribution >= 0.6 is 50.9 Å². The van der Waals surface area contributed by atoms with Gasteiger partial charge in [0.15, 0.2) is 0 Å². The van der Waals surface area contributed by atoms with Gasteiger partial charge in [0.25, 0.3) is 11.1 Å². The quantitative estimate of drug-likeness (QED) is 0.250. The molecule has 0 aromatic heterocycles. The monoisotopic (exact) mass is 591 g/mol. The normalized spacial score (nSPS) is 14.6. The van der Waals surface area contributed by atoms with Gasteiger partial charge in [-0.3, -0.25) is 14.5 Å². The van der Waals surface area contributed by atoms with E-state index < -0.39 is 0 Å². The second kappa shape index (κ2) is 11.5. The summed E-state index contributed by atoms with van der Waals surface area (Å²) in [6.07, 6.45) is 1.66. The molecule has 4 rings (SSSR count). The highest BCUT2D eigenvalue weighted by atomic mass is 79.9. The van der Waals surface area contributed by atoms with Crippen LogP contribution in [0.3, 0.4) is 0 Å². The van der Waals surface area contributed by atoms with E-state index in [4.69, 9.17) is 32.7 Å². The number of hydrogen-bond donors (Lipinski definition) is 0. The smallest absolute Gasteiger partial charge is 0.293 e. The number of aryl methyl sites for hydroxylation is 1. The van der Waals surface area contributed by atoms with Crippen LogP contribution in [0.25, 0.3) is 6.08 Å². The van der Waals surface area contributed by atoms with Gasteiger partial charge in [-0.2, -0.15) is 0 Å². The number of carbonyl (C=O) groups excluding carboxylic acids is 2. The fraction of sp³-hybridized carbons (Fsp3) is 0.154. The van der Waals surface area contributed by atoms with Crippen molar-refractivity contribution in [2.24, 2.45) is 0 Å². The molecule has 2 amide bonds. The molecule has 0 spiro atoms. The van der Waals surface area contributed by atoms with Crippen LogP contribution in [-0.4, -0.2) is 29.2 Å². The number of benzene rings is 3. The number of thioether (sulfide) groups is 1. The first-order chi connectivity index (χ1) is 16.8. The van der Waals surface area contributed by atoms with Gasteiger partial charge in [-0.15, -0.1) is 0 Å². The second-order valence-corrected chi connectivity index (χ2v) is 10.5. The molecule has 35 heavy (non-hydrogen) atoms. The van der Waals surface area contributed by atoms with Crippen molar-refractivity contribution in [1.82, 2.24) is 4.90 Å². The molecule has 5 nitrogen and oxygen atoms in total. The molecule has 0 bridgehead atoms. The number of hydrogen-bond acceptors (Lipinski definition) is 5. The summed E-state index contributed by atoms with van der Waals surface area (Å²) in [5.74, 6) is 0.878. The minimum atomic E-state index is -0.362. The largest absolute Gasteiger partial charge is 0.492 e. The molecule has 3 aromatic carbocycles. The molecule has 1 aliphatic heterocycles. The highest BCUT2D eigenvalue weighted by molar-refractivity contribution is 9.10. The lowest BCUT2D eigenvalue weighted by Crippen LogP contribution is -2.32. The Bertz CT molecular complexity index is 1300. The molecule has 1 saturated heterocycles. The Hall–Kier alpha value is -2.45. The highest BCUT2D eigenvalue weighted by Crippen LogP contribution is 2.35. The van der Waals surface area contributed by atoms with Gasteiger partial charge in [0.1, 0.15) is 24.7 Å². The van der Waals surface area contributed by atoms with Crippen molar-refractivity contribution < 1.29 is 19.1 Å². The summed E-state index contributed by atoms with van der Waals surface area (Å²) >= 11 is 16.6. The van der Waals surface area contributed by atoms with Gasteiger partial charge in [-0.1, -0.05) is 62.9 Å². The van der Waals surface area contributed by atoms with Crippen LogP contribution in [0.5, 0.6) is 11.5 Å². The zero-order chi connectivity index (χ0) is 24.9. The summed E-state index contributed by atoms with van der Waals surface area (Å²) in [5.41, 5.74) is 2.56. The molecule has 0 saturated carbocycles. The third kappa shape index (κ3) is 6.61. The SMILES string of the molecule is Cc1ccc(OCCN2C(=O)S/C(=C\c3cc(Br)ccc3OCc3ccc(Cl)cc3Cl)C2=O)cc1. The van der Waals surface area contributed by atoms with Gasteiger partial charge < -0.3 is 9.47 Å². The molecule has 0 N–H and O–H groups in total. The van der Waals surface area contributed by atoms with Crippen LogP contribution in [0.15, 0.2) is 70.0 Å². The highest BCUT2D eigenvalue weighted by Gasteiger charge is 2.35. The van der Waals surface area contributed by atoms with E-state index in [-0.39, 0.29) is 30.9 Å². The first-order valence-corrected chi connectivity index (χ1v) is 13.0. The van der Waals surface area contributed by atoms with Gasteiger partial charge in [-0.25, -0.2) is 0 Å². The molecule has 3 aromatic rings. The first kappa shape index (κ1) is 25.6. The van der Waals surface area contributed by atoms with Crippen molar-refractivity contribution in [2.75, 3.05) is 13.2 Å². The lowest BCUT2D eigenvalue weighted by molar-refractivity contribution is -0.123. The molecule has 0 unspecified atom stereocenters. The number of nitrogens with zero attached hydrogens (tertiary/aromatic N) is 1. The summed E-state index contributed by atoms with van der Waals surface area (Å²) in [7, 11) is 0. The number of rotatable bonds is 8. The van der Waals surface area contributed by atoms with Crippen molar-refractivity contribution in [3.05, 3.63) is 96.8 Å². The number of amides is 2. The summed E-state index contributed by atoms with van der Waals surface area (Å²) in [6.45, 7) is 2.58. The lowest BCUT2D eigenvalue weighted by Gasteiger charge is -2.13. The lowest BCUT2D eigenvalue weighted by atomic mass is 10.1. The molecule has 180 valence electrons. The van der Waals surface area contributed by atoms with Crippen LogP contribution in [0.2, 0.25) is 10.0 Å². The zero-order valence-corrected chi connectivity index (χ0v) is 22.5. The molecule has 9 heteroatoms. The summed E-state index contributed by atoms with van der Waals surface area (Å²) in [5, 5.41) is 0.715. The van der Waals surface area contributed by atoms with E-state index >= 15 is 0 Å². The van der Waals surface area contributed by atoms with Crippen LogP contribution in [0.1, 0.15) is 16.7 Å². The van der Waals surface area contributed by atoms with Crippen molar-refractivity contribution in [2.45, 2.75) is 13.5 Å². The van der Waals surface area contributed by atoms with E-state index in [1.54, 1.807) is 30.3 Å². The second-order valence-electron chi connectivity index (χ2n) is 7.70. The first-order valence-electron chi connectivity index (χ1n) is 10.6. The topological polar surface area (TPSA) is 55.8 Å². The predicted octanol–water partition coefficient (Wildman–Crippen LogP) is 7.76. The molecule has 1 aliphatic rings. The average Bonchev–Trinajstić information content (AvgIpc) is 3.08. The van der Waals surface area contributed by atoms with Crippen molar-refractivity contribution >= 4 is 68.1 Å². The Morgan fingerprint density at radius 2 is 1.77 bits per heavy atom. The van der Waals surface area contributed by atoms with Gasteiger partial charge in [0.2, 0.25) is 0 Å². The van der Waals surface area contributed by atoms with Crippen LogP contribution in [-0.2, 0) is 11.4 Å². The van der Waals surface area contributed by atoms with E-state index in [0.717, 1.165) is 27.4 Å². The van der Waals surface area contributed by atoms with Crippen LogP contribution < -0.4 is 9.47 Å². The molecular weight excluding hydrogens is 573 g/mol. The maximum Gasteiger partial charge on any atom is 0.293 e. The molecule has 1 heterocycles. The van der Waals surface area contributed by atoms with Crippen LogP contribution in [0, 0.1) is 6.92 Å². The van der Waals surface area contributed by atoms with Gasteiger partial charge in [0, 0.05) is 25.6 Å². The Morgan fingerprint density at radius 3 is 2.51 bits per heavy atom. The molecule has 0 radical (unpaired) electrons. The Morgan fingerprint density at radius 1 is 1.00 bits per heavy atom. The summed E-state index contributed by atoms with van der Waals surface area (Å²) in [6, 6.07) is 18.2. The number of imide groups is 1. The van der Waals surface area contributed by atoms with Crippen molar-refractivity contribution in [3.63, 3.8) is 0 Å². The summed E-state index contributed by atoms with van der Waals surface area (Å²) in [4.78, 5) is 27.0. The third-order valence-corrected chi connectivity index (χ3v) is 7.12. The fourth-order valence-corrected chi connectivity index (χ4v) is 4.98. The predicted molar refractivity (Wildman–Crippen MR) is 144 cm³/mol. The maximum absolute atomic E-state index is 12.9. The molecular formula is C26H20BrCl2NO4S. The van der Waals surface area contributed by atoms with E-state index in [1.165, 1.54) is 4.90 Å². The average molecular weight is 593 g/mol. The van der Waals surface area contributed by atoms with E-state index in [2.05, 4.69) is 15.9 Å². The van der Waals surface area contributed by atoms with Gasteiger partial charge in [0.05, 0.1) is 11.4 Å². The Balaban J connectivity index is 1.45. The zero-order valence-electron chi connectivity index (χ0n) is 18.6. The fourth-order valence-electron chi connectivity index (χ4n) is 3.28. The number of carbonyl (C=O) groups is 2. The van der Waals surface area contributed by atoms with Crippen molar-refractivity contribution in [3.8, 4) is 11.5 Å². The van der Waals surface area contributed by atoms with Crippen molar-refractivity contribution in [1.29, 1.82) is 0 Å². The molecule has 1 fully saturated rings. The van der Waals surface area contributed by atoms with E-state index in [1.807, 2.05) is 43.3 Å². The Labute approximate surface area is 226 Å². The minimum Gasteiger partial charge on any atom is -0.492 e. The minimum absolute atomic E-state index is 0.160. The molecule has 0 aliphatic carbocycles.